The van der Waals surface area contributed by atoms with Gasteiger partial charge in [-0.2, -0.15) is 0 Å². The lowest BCUT2D eigenvalue weighted by Gasteiger charge is -2.04. The summed E-state index contributed by atoms with van der Waals surface area (Å²) in [5.41, 5.74) is 4.18. The molecule has 2 heteroatoms. The molecule has 0 fully saturated rings. The SMILES string of the molecule is Cc1sc2c(C)cc(Br)c(C)c2c1C. The summed E-state index contributed by atoms with van der Waals surface area (Å²) in [5.74, 6) is 0. The van der Waals surface area contributed by atoms with Crippen LogP contribution in [0.2, 0.25) is 0 Å². The fraction of sp³-hybridized carbons (Fsp3) is 0.333. The number of aryl methyl sites for hydroxylation is 4. The van der Waals surface area contributed by atoms with Crippen LogP contribution in [-0.2, 0) is 0 Å². The molecule has 2 rings (SSSR count). The van der Waals surface area contributed by atoms with Crippen molar-refractivity contribution < 1.29 is 0 Å². The van der Waals surface area contributed by atoms with Gasteiger partial charge in [0.2, 0.25) is 0 Å². The minimum Gasteiger partial charge on any atom is -0.140 e. The fourth-order valence-corrected chi connectivity index (χ4v) is 3.57. The van der Waals surface area contributed by atoms with Crippen LogP contribution in [0.4, 0.5) is 0 Å². The van der Waals surface area contributed by atoms with Crippen LogP contribution in [0.3, 0.4) is 0 Å². The van der Waals surface area contributed by atoms with Gasteiger partial charge in [-0.3, -0.25) is 0 Å². The Balaban J connectivity index is 3.03. The second-order valence-corrected chi connectivity index (χ2v) is 5.87. The highest BCUT2D eigenvalue weighted by Gasteiger charge is 2.11. The molecule has 0 aliphatic rings. The maximum Gasteiger partial charge on any atom is 0.0380 e. The Labute approximate surface area is 97.1 Å². The van der Waals surface area contributed by atoms with E-state index in [1.165, 1.54) is 36.1 Å². The zero-order valence-corrected chi connectivity index (χ0v) is 11.3. The lowest BCUT2D eigenvalue weighted by molar-refractivity contribution is 1.40. The third-order valence-electron chi connectivity index (χ3n) is 2.82. The first-order valence-electron chi connectivity index (χ1n) is 4.67. The fourth-order valence-electron chi connectivity index (χ4n) is 1.84. The molecule has 0 atom stereocenters. The first-order valence-corrected chi connectivity index (χ1v) is 6.28. The first kappa shape index (κ1) is 10.2. The standard InChI is InChI=1S/C12H13BrS/c1-6-5-10(13)8(3)11-7(2)9(4)14-12(6)11/h5H,1-4H3. The molecule has 0 N–H and O–H groups in total. The lowest BCUT2D eigenvalue weighted by Crippen LogP contribution is -1.82. The molecule has 0 spiro atoms. The lowest BCUT2D eigenvalue weighted by atomic mass is 10.0. The van der Waals surface area contributed by atoms with Gasteiger partial charge in [0.15, 0.2) is 0 Å². The molecular weight excluding hydrogens is 256 g/mol. The van der Waals surface area contributed by atoms with Crippen LogP contribution in [0, 0.1) is 27.7 Å². The predicted molar refractivity (Wildman–Crippen MR) is 68.5 cm³/mol. The van der Waals surface area contributed by atoms with Crippen molar-refractivity contribution in [2.45, 2.75) is 27.7 Å². The van der Waals surface area contributed by atoms with Crippen molar-refractivity contribution in [3.8, 4) is 0 Å². The van der Waals surface area contributed by atoms with Crippen LogP contribution >= 0.6 is 27.3 Å². The molecule has 14 heavy (non-hydrogen) atoms. The van der Waals surface area contributed by atoms with Crippen molar-refractivity contribution in [2.24, 2.45) is 0 Å². The van der Waals surface area contributed by atoms with Gasteiger partial charge < -0.3 is 0 Å². The van der Waals surface area contributed by atoms with Gasteiger partial charge in [0.25, 0.3) is 0 Å². The minimum absolute atomic E-state index is 1.23. The van der Waals surface area contributed by atoms with E-state index >= 15 is 0 Å². The topological polar surface area (TPSA) is 0 Å². The summed E-state index contributed by atoms with van der Waals surface area (Å²) in [6.07, 6.45) is 0. The Bertz CT molecular complexity index is 509. The molecule has 0 aliphatic carbocycles. The molecule has 1 heterocycles. The Kier molecular flexibility index (Phi) is 2.44. The van der Waals surface area contributed by atoms with Gasteiger partial charge >= 0.3 is 0 Å². The number of benzene rings is 1. The zero-order chi connectivity index (χ0) is 10.5. The molecule has 74 valence electrons. The largest absolute Gasteiger partial charge is 0.140 e. The van der Waals surface area contributed by atoms with Gasteiger partial charge in [-0.25, -0.2) is 0 Å². The van der Waals surface area contributed by atoms with E-state index in [-0.39, 0.29) is 0 Å². The molecule has 0 amide bonds. The molecule has 0 saturated heterocycles. The third-order valence-corrected chi connectivity index (χ3v) is 4.99. The van der Waals surface area contributed by atoms with E-state index < -0.39 is 0 Å². The summed E-state index contributed by atoms with van der Waals surface area (Å²) in [4.78, 5) is 1.43. The van der Waals surface area contributed by atoms with E-state index in [1.807, 2.05) is 11.3 Å². The summed E-state index contributed by atoms with van der Waals surface area (Å²) < 4.78 is 2.67. The van der Waals surface area contributed by atoms with Gasteiger partial charge in [-0.05, 0) is 55.8 Å². The first-order chi connectivity index (χ1) is 6.52. The summed E-state index contributed by atoms with van der Waals surface area (Å²) >= 11 is 5.52. The molecule has 0 unspecified atom stereocenters. The van der Waals surface area contributed by atoms with Crippen molar-refractivity contribution in [3.63, 3.8) is 0 Å². The van der Waals surface area contributed by atoms with Crippen LogP contribution in [0.15, 0.2) is 10.5 Å². The van der Waals surface area contributed by atoms with Crippen LogP contribution < -0.4 is 0 Å². The van der Waals surface area contributed by atoms with Crippen molar-refractivity contribution >= 4 is 37.4 Å². The number of halogens is 1. The summed E-state index contributed by atoms with van der Waals surface area (Å²) in [6, 6.07) is 2.22. The van der Waals surface area contributed by atoms with E-state index in [0.717, 1.165) is 0 Å². The highest BCUT2D eigenvalue weighted by Crippen LogP contribution is 2.37. The van der Waals surface area contributed by atoms with Crippen molar-refractivity contribution in [1.29, 1.82) is 0 Å². The van der Waals surface area contributed by atoms with E-state index in [9.17, 15) is 0 Å². The number of fused-ring (bicyclic) bond motifs is 1. The molecule has 0 nitrogen and oxygen atoms in total. The minimum atomic E-state index is 1.23. The van der Waals surface area contributed by atoms with Crippen LogP contribution in [0.25, 0.3) is 10.1 Å². The van der Waals surface area contributed by atoms with Gasteiger partial charge in [0.05, 0.1) is 0 Å². The number of hydrogen-bond acceptors (Lipinski definition) is 1. The molecule has 1 aromatic carbocycles. The zero-order valence-electron chi connectivity index (χ0n) is 8.86. The highest BCUT2D eigenvalue weighted by atomic mass is 79.9. The summed E-state index contributed by atoms with van der Waals surface area (Å²) in [6.45, 7) is 8.78. The molecule has 0 radical (unpaired) electrons. The highest BCUT2D eigenvalue weighted by molar-refractivity contribution is 9.10. The van der Waals surface area contributed by atoms with Crippen LogP contribution in [0.5, 0.6) is 0 Å². The van der Waals surface area contributed by atoms with Crippen LogP contribution in [0.1, 0.15) is 21.6 Å². The van der Waals surface area contributed by atoms with Crippen LogP contribution in [-0.4, -0.2) is 0 Å². The van der Waals surface area contributed by atoms with Gasteiger partial charge in [-0.1, -0.05) is 15.9 Å². The summed E-state index contributed by atoms with van der Waals surface area (Å²) in [7, 11) is 0. The average Bonchev–Trinajstić information content (AvgIpc) is 2.41. The van der Waals surface area contributed by atoms with Crippen molar-refractivity contribution in [2.75, 3.05) is 0 Å². The van der Waals surface area contributed by atoms with Gasteiger partial charge in [-0.15, -0.1) is 11.3 Å². The molecule has 1 aromatic heterocycles. The second-order valence-electron chi connectivity index (χ2n) is 3.79. The van der Waals surface area contributed by atoms with E-state index in [4.69, 9.17) is 0 Å². The molecular formula is C12H13BrS. The Morgan fingerprint density at radius 1 is 1.07 bits per heavy atom. The second kappa shape index (κ2) is 3.35. The molecule has 0 saturated carbocycles. The molecule has 0 bridgehead atoms. The normalized spacial score (nSPS) is 11.2. The Morgan fingerprint density at radius 3 is 2.36 bits per heavy atom. The van der Waals surface area contributed by atoms with E-state index in [1.54, 1.807) is 0 Å². The predicted octanol–water partition coefficient (Wildman–Crippen LogP) is 4.90. The molecule has 2 aromatic rings. The van der Waals surface area contributed by atoms with Crippen molar-refractivity contribution in [1.82, 2.24) is 0 Å². The van der Waals surface area contributed by atoms with Gasteiger partial charge in [0.1, 0.15) is 0 Å². The number of rotatable bonds is 0. The van der Waals surface area contributed by atoms with Crippen molar-refractivity contribution in [3.05, 3.63) is 32.1 Å². The Hall–Kier alpha value is -0.340. The van der Waals surface area contributed by atoms with E-state index in [0.29, 0.717) is 0 Å². The smallest absolute Gasteiger partial charge is 0.0380 e. The number of thiophene rings is 1. The molecule has 0 aliphatic heterocycles. The number of hydrogen-bond donors (Lipinski definition) is 0. The third kappa shape index (κ3) is 1.32. The Morgan fingerprint density at radius 2 is 1.71 bits per heavy atom. The maximum atomic E-state index is 3.62. The maximum absolute atomic E-state index is 3.62. The average molecular weight is 269 g/mol. The monoisotopic (exact) mass is 268 g/mol. The van der Waals surface area contributed by atoms with Gasteiger partial charge in [0, 0.05) is 14.0 Å². The quantitative estimate of drug-likeness (QED) is 0.638. The summed E-state index contributed by atoms with van der Waals surface area (Å²) in [5, 5.41) is 1.44. The van der Waals surface area contributed by atoms with E-state index in [2.05, 4.69) is 49.7 Å².